The summed E-state index contributed by atoms with van der Waals surface area (Å²) < 4.78 is 0. The van der Waals surface area contributed by atoms with Crippen molar-refractivity contribution in [3.63, 3.8) is 0 Å². The highest BCUT2D eigenvalue weighted by molar-refractivity contribution is 5.18. The molecule has 0 heteroatoms. The molecule has 0 aromatic heterocycles. The minimum absolute atomic E-state index is 1.12. The summed E-state index contributed by atoms with van der Waals surface area (Å²) in [6.07, 6.45) is 9.26. The maximum atomic E-state index is 2.03. The van der Waals surface area contributed by atoms with Crippen LogP contribution in [0.4, 0.5) is 0 Å². The van der Waals surface area contributed by atoms with Gasteiger partial charge in [0.05, 0.1) is 5.92 Å². The fourth-order valence-electron chi connectivity index (χ4n) is 2.25. The van der Waals surface area contributed by atoms with E-state index in [2.05, 4.69) is 0 Å². The summed E-state index contributed by atoms with van der Waals surface area (Å²) in [4.78, 5) is 0. The summed E-state index contributed by atoms with van der Waals surface area (Å²) in [6, 6.07) is 0. The van der Waals surface area contributed by atoms with Gasteiger partial charge >= 0.3 is 0 Å². The first-order valence-electron chi connectivity index (χ1n) is 4.82. The third-order valence-electron chi connectivity index (χ3n) is 3.15. The molecule has 0 aromatic rings. The van der Waals surface area contributed by atoms with Gasteiger partial charge in [-0.15, -0.1) is 0 Å². The molecule has 0 amide bonds. The molecule has 0 atom stereocenters. The van der Waals surface area contributed by atoms with Gasteiger partial charge in [-0.25, -0.2) is 0 Å². The smallest absolute Gasteiger partial charge is 0.00512 e. The Morgan fingerprint density at radius 2 is 0.900 bits per heavy atom. The second kappa shape index (κ2) is 1.72. The van der Waals surface area contributed by atoms with Crippen LogP contribution in [0.25, 0.3) is 0 Å². The Balaban J connectivity index is 1.69. The summed E-state index contributed by atoms with van der Waals surface area (Å²) >= 11 is 0. The van der Waals surface area contributed by atoms with Gasteiger partial charge in [-0.1, -0.05) is 0 Å². The quantitative estimate of drug-likeness (QED) is 0.522. The molecule has 0 unspecified atom stereocenters. The monoisotopic (exact) mass is 135 g/mol. The van der Waals surface area contributed by atoms with Gasteiger partial charge in [0.25, 0.3) is 0 Å². The van der Waals surface area contributed by atoms with Crippen LogP contribution in [0.15, 0.2) is 0 Å². The van der Waals surface area contributed by atoms with E-state index in [9.17, 15) is 0 Å². The van der Waals surface area contributed by atoms with E-state index in [4.69, 9.17) is 0 Å². The largest absolute Gasteiger partial charge is 0.101 e. The van der Waals surface area contributed by atoms with Gasteiger partial charge in [-0.2, -0.15) is 0 Å². The molecule has 10 heavy (non-hydrogen) atoms. The molecule has 0 radical (unpaired) electrons. The predicted octanol–water partition coefficient (Wildman–Crippen LogP) is 2.79. The lowest BCUT2D eigenvalue weighted by Gasteiger charge is -2.00. The second-order valence-corrected chi connectivity index (χ2v) is 4.32. The van der Waals surface area contributed by atoms with Gasteiger partial charge in [0.15, 0.2) is 0 Å². The molecule has 3 fully saturated rings. The fraction of sp³-hybridized carbons (Fsp3) is 0.900. The molecule has 0 N–H and O–H groups in total. The van der Waals surface area contributed by atoms with Crippen LogP contribution in [0.1, 0.15) is 38.5 Å². The van der Waals surface area contributed by atoms with Crippen molar-refractivity contribution in [3.05, 3.63) is 5.92 Å². The Labute approximate surface area is 63.0 Å². The van der Waals surface area contributed by atoms with Crippen LogP contribution in [0.3, 0.4) is 0 Å². The van der Waals surface area contributed by atoms with Gasteiger partial charge in [0.2, 0.25) is 0 Å². The third-order valence-corrected chi connectivity index (χ3v) is 3.15. The van der Waals surface area contributed by atoms with Crippen molar-refractivity contribution in [2.75, 3.05) is 0 Å². The van der Waals surface area contributed by atoms with Crippen LogP contribution in [-0.4, -0.2) is 0 Å². The molecule has 0 heterocycles. The van der Waals surface area contributed by atoms with Gasteiger partial charge in [-0.05, 0) is 38.5 Å². The molecule has 0 spiro atoms. The number of hydrogen-bond donors (Lipinski definition) is 0. The SMILES string of the molecule is C1CC1[C+](C1CC1)C1CC1. The predicted molar refractivity (Wildman–Crippen MR) is 41.4 cm³/mol. The van der Waals surface area contributed by atoms with Gasteiger partial charge < -0.3 is 0 Å². The first-order valence-corrected chi connectivity index (χ1v) is 4.82. The van der Waals surface area contributed by atoms with Crippen LogP contribution in [-0.2, 0) is 0 Å². The summed E-state index contributed by atoms with van der Waals surface area (Å²) in [5, 5.41) is 0. The molecule has 0 saturated heterocycles. The average Bonchev–Trinajstić information content (AvgIpc) is 2.78. The highest BCUT2D eigenvalue weighted by Gasteiger charge is 2.58. The van der Waals surface area contributed by atoms with Crippen LogP contribution in [0.5, 0.6) is 0 Å². The highest BCUT2D eigenvalue weighted by atomic mass is 14.5. The van der Waals surface area contributed by atoms with Crippen molar-refractivity contribution in [3.8, 4) is 0 Å². The molecule has 0 nitrogen and oxygen atoms in total. The molecule has 0 bridgehead atoms. The second-order valence-electron chi connectivity index (χ2n) is 4.32. The summed E-state index contributed by atoms with van der Waals surface area (Å²) in [7, 11) is 0. The maximum absolute atomic E-state index is 2.03. The van der Waals surface area contributed by atoms with E-state index >= 15 is 0 Å². The minimum atomic E-state index is 1.12. The molecule has 3 rings (SSSR count). The van der Waals surface area contributed by atoms with E-state index < -0.39 is 0 Å². The van der Waals surface area contributed by atoms with Crippen LogP contribution >= 0.6 is 0 Å². The molecule has 3 saturated carbocycles. The van der Waals surface area contributed by atoms with E-state index in [0.717, 1.165) is 17.8 Å². The Hall–Kier alpha value is -0.130. The minimum Gasteiger partial charge on any atom is -0.00512 e. The lowest BCUT2D eigenvalue weighted by Crippen LogP contribution is -2.04. The third kappa shape index (κ3) is 0.853. The molecular weight excluding hydrogens is 120 g/mol. The van der Waals surface area contributed by atoms with Crippen molar-refractivity contribution < 1.29 is 0 Å². The molecule has 0 aliphatic heterocycles. The van der Waals surface area contributed by atoms with E-state index in [1.165, 1.54) is 0 Å². The van der Waals surface area contributed by atoms with E-state index in [0.29, 0.717) is 0 Å². The van der Waals surface area contributed by atoms with Gasteiger partial charge in [0.1, 0.15) is 17.8 Å². The van der Waals surface area contributed by atoms with Crippen molar-refractivity contribution in [2.24, 2.45) is 17.8 Å². The Kier molecular flexibility index (Phi) is 0.948. The van der Waals surface area contributed by atoms with Crippen LogP contribution in [0.2, 0.25) is 0 Å². The molecule has 54 valence electrons. The summed E-state index contributed by atoms with van der Waals surface area (Å²) in [6.45, 7) is 0. The summed E-state index contributed by atoms with van der Waals surface area (Å²) in [5.74, 6) is 5.40. The molecule has 3 aliphatic carbocycles. The molecular formula is C10H15+. The average molecular weight is 135 g/mol. The van der Waals surface area contributed by atoms with E-state index in [-0.39, 0.29) is 0 Å². The summed E-state index contributed by atoms with van der Waals surface area (Å²) in [5.41, 5.74) is 0. The van der Waals surface area contributed by atoms with Gasteiger partial charge in [0, 0.05) is 0 Å². The zero-order valence-electron chi connectivity index (χ0n) is 6.47. The van der Waals surface area contributed by atoms with Gasteiger partial charge in [-0.3, -0.25) is 0 Å². The Morgan fingerprint density at radius 3 is 1.10 bits per heavy atom. The van der Waals surface area contributed by atoms with Crippen molar-refractivity contribution in [1.29, 1.82) is 0 Å². The fourth-order valence-corrected chi connectivity index (χ4v) is 2.25. The maximum Gasteiger partial charge on any atom is 0.101 e. The van der Waals surface area contributed by atoms with E-state index in [1.54, 1.807) is 38.5 Å². The lowest BCUT2D eigenvalue weighted by atomic mass is 9.93. The van der Waals surface area contributed by atoms with Crippen molar-refractivity contribution >= 4 is 0 Å². The van der Waals surface area contributed by atoms with Crippen molar-refractivity contribution in [1.82, 2.24) is 0 Å². The Bertz CT molecular complexity index is 110. The standard InChI is InChI=1S/C10H15/c1-2-7(1)10(8-3-4-8)9-5-6-9/h7-9H,1-6H2/q+1. The highest BCUT2D eigenvalue weighted by Crippen LogP contribution is 2.59. The zero-order valence-corrected chi connectivity index (χ0v) is 6.47. The Morgan fingerprint density at radius 1 is 0.600 bits per heavy atom. The van der Waals surface area contributed by atoms with Crippen molar-refractivity contribution in [2.45, 2.75) is 38.5 Å². The number of rotatable bonds is 3. The van der Waals surface area contributed by atoms with Crippen LogP contribution in [0, 0.1) is 23.7 Å². The number of hydrogen-bond acceptors (Lipinski definition) is 0. The molecule has 3 aliphatic rings. The van der Waals surface area contributed by atoms with Crippen LogP contribution < -0.4 is 0 Å². The van der Waals surface area contributed by atoms with E-state index in [1.807, 2.05) is 5.92 Å². The normalized spacial score (nSPS) is 32.4. The first-order chi connectivity index (χ1) is 4.95. The molecule has 0 aromatic carbocycles. The zero-order chi connectivity index (χ0) is 6.55. The first kappa shape index (κ1) is 5.51. The lowest BCUT2D eigenvalue weighted by molar-refractivity contribution is 0.606. The topological polar surface area (TPSA) is 0 Å².